The lowest BCUT2D eigenvalue weighted by molar-refractivity contribution is -0.111. The van der Waals surface area contributed by atoms with E-state index in [1.54, 1.807) is 25.5 Å². The molecule has 2 N–H and O–H groups in total. The van der Waals surface area contributed by atoms with Crippen LogP contribution in [0.2, 0.25) is 10.0 Å². The van der Waals surface area contributed by atoms with Crippen molar-refractivity contribution >= 4 is 57.6 Å². The van der Waals surface area contributed by atoms with Crippen LogP contribution in [0.3, 0.4) is 0 Å². The number of aryl methyl sites for hydroxylation is 2. The number of hydrogen-bond donors (Lipinski definition) is 2. The monoisotopic (exact) mass is 577 g/mol. The molecule has 0 bridgehead atoms. The van der Waals surface area contributed by atoms with Crippen LogP contribution in [0.4, 0.5) is 11.8 Å². The molecule has 1 aromatic carbocycles. The third kappa shape index (κ3) is 5.11. The number of aromatic nitrogens is 5. The van der Waals surface area contributed by atoms with Crippen LogP contribution in [-0.2, 0) is 17.6 Å². The lowest BCUT2D eigenvalue weighted by atomic mass is 10.0. The van der Waals surface area contributed by atoms with Crippen molar-refractivity contribution in [3.8, 4) is 22.6 Å². The first-order chi connectivity index (χ1) is 19.4. The highest BCUT2D eigenvalue weighted by Gasteiger charge is 2.23. The molecule has 0 aliphatic carbocycles. The highest BCUT2D eigenvalue weighted by molar-refractivity contribution is 6.41. The molecule has 4 aromatic heterocycles. The van der Waals surface area contributed by atoms with Gasteiger partial charge in [0.2, 0.25) is 11.9 Å². The van der Waals surface area contributed by atoms with Crippen molar-refractivity contribution in [2.24, 2.45) is 0 Å². The zero-order valence-electron chi connectivity index (χ0n) is 22.0. The molecule has 0 fully saturated rings. The van der Waals surface area contributed by atoms with Gasteiger partial charge in [0.25, 0.3) is 0 Å². The van der Waals surface area contributed by atoms with Gasteiger partial charge < -0.3 is 20.1 Å². The quantitative estimate of drug-likeness (QED) is 0.217. The van der Waals surface area contributed by atoms with Gasteiger partial charge in [-0.3, -0.25) is 9.20 Å². The maximum atomic E-state index is 11.7. The second-order valence-corrected chi connectivity index (χ2v) is 9.49. The number of nitrogens with one attached hydrogen (secondary N) is 2. The van der Waals surface area contributed by atoms with Crippen LogP contribution < -0.4 is 20.1 Å². The molecule has 0 spiro atoms. The van der Waals surface area contributed by atoms with Gasteiger partial charge in [0, 0.05) is 48.2 Å². The summed E-state index contributed by atoms with van der Waals surface area (Å²) in [5.41, 5.74) is 4.27. The smallest absolute Gasteiger partial charge is 0.248 e. The summed E-state index contributed by atoms with van der Waals surface area (Å²) in [6.07, 6.45) is 7.78. The molecule has 0 saturated heterocycles. The van der Waals surface area contributed by atoms with E-state index in [2.05, 4.69) is 32.2 Å². The lowest BCUT2D eigenvalue weighted by Gasteiger charge is -2.16. The fraction of sp³-hybridized carbons (Fsp3) is 0.179. The average molecular weight is 578 g/mol. The van der Waals surface area contributed by atoms with Gasteiger partial charge in [0.15, 0.2) is 5.65 Å². The molecule has 0 saturated carbocycles. The number of pyridine rings is 2. The Morgan fingerprint density at radius 1 is 1.05 bits per heavy atom. The molecule has 12 heteroatoms. The Labute approximate surface area is 240 Å². The molecule has 0 atom stereocenters. The van der Waals surface area contributed by atoms with Gasteiger partial charge in [-0.05, 0) is 42.7 Å². The van der Waals surface area contributed by atoms with Gasteiger partial charge in [-0.25, -0.2) is 15.0 Å². The SMILES string of the molecule is C=CC(=O)Nc1cc(CCc2cn3c(n2)c(-c2c(Cl)c(OC)cc(OC)c2Cl)cc2cnc(NC)nc23)ccn1. The van der Waals surface area contributed by atoms with Gasteiger partial charge in [-0.1, -0.05) is 29.8 Å². The summed E-state index contributed by atoms with van der Waals surface area (Å²) in [4.78, 5) is 29.9. The first-order valence-electron chi connectivity index (χ1n) is 12.2. The van der Waals surface area contributed by atoms with E-state index in [1.807, 2.05) is 28.8 Å². The zero-order valence-corrected chi connectivity index (χ0v) is 23.5. The maximum absolute atomic E-state index is 11.7. The molecule has 1 amide bonds. The molecule has 0 aliphatic rings. The van der Waals surface area contributed by atoms with Gasteiger partial charge in [0.05, 0.1) is 30.0 Å². The highest BCUT2D eigenvalue weighted by atomic mass is 35.5. The van der Waals surface area contributed by atoms with Crippen LogP contribution in [0.15, 0.2) is 55.5 Å². The van der Waals surface area contributed by atoms with E-state index in [4.69, 9.17) is 37.7 Å². The molecular formula is C28H25Cl2N7O3. The largest absolute Gasteiger partial charge is 0.495 e. The number of amides is 1. The van der Waals surface area contributed by atoms with Gasteiger partial charge >= 0.3 is 0 Å². The third-order valence-electron chi connectivity index (χ3n) is 6.32. The van der Waals surface area contributed by atoms with Crippen molar-refractivity contribution < 1.29 is 14.3 Å². The number of nitrogens with zero attached hydrogens (tertiary/aromatic N) is 5. The van der Waals surface area contributed by atoms with Crippen molar-refractivity contribution in [2.75, 3.05) is 31.9 Å². The van der Waals surface area contributed by atoms with Crippen molar-refractivity contribution in [3.05, 3.63) is 76.8 Å². The van der Waals surface area contributed by atoms with Crippen LogP contribution in [-0.4, -0.2) is 51.5 Å². The van der Waals surface area contributed by atoms with Crippen LogP contribution in [0.5, 0.6) is 11.5 Å². The minimum atomic E-state index is -0.321. The molecule has 10 nitrogen and oxygen atoms in total. The van der Waals surface area contributed by atoms with Crippen molar-refractivity contribution in [3.63, 3.8) is 0 Å². The number of rotatable bonds is 9. The highest BCUT2D eigenvalue weighted by Crippen LogP contribution is 2.47. The van der Waals surface area contributed by atoms with E-state index in [1.165, 1.54) is 20.3 Å². The Bertz CT molecular complexity index is 1740. The number of carbonyl (C=O) groups excluding carboxylic acids is 1. The lowest BCUT2D eigenvalue weighted by Crippen LogP contribution is -2.09. The minimum absolute atomic E-state index is 0.321. The van der Waals surface area contributed by atoms with E-state index in [0.29, 0.717) is 68.6 Å². The van der Waals surface area contributed by atoms with Crippen molar-refractivity contribution in [1.82, 2.24) is 24.3 Å². The van der Waals surface area contributed by atoms with E-state index in [-0.39, 0.29) is 5.91 Å². The second-order valence-electron chi connectivity index (χ2n) is 8.73. The summed E-state index contributed by atoms with van der Waals surface area (Å²) in [6, 6.07) is 7.28. The molecular weight excluding hydrogens is 553 g/mol. The predicted octanol–water partition coefficient (Wildman–Crippen LogP) is 5.61. The van der Waals surface area contributed by atoms with Gasteiger partial charge in [-0.2, -0.15) is 4.98 Å². The first-order valence-corrected chi connectivity index (χ1v) is 13.0. The minimum Gasteiger partial charge on any atom is -0.495 e. The standard InChI is InChI=1S/C28H25Cl2N7O3/c1-5-22(38)35-21-10-15(8-9-32-21)6-7-17-14-37-26-16(13-33-28(31-2)36-26)11-18(27(37)34-17)23-24(29)19(39-3)12-20(40-4)25(23)30/h5,8-14H,1,6-7H2,2-4H3,(H,31,33,36)(H,32,35,38). The number of fused-ring (bicyclic) bond motifs is 3. The Balaban J connectivity index is 1.64. The number of imidazole rings is 1. The summed E-state index contributed by atoms with van der Waals surface area (Å²) < 4.78 is 12.9. The topological polar surface area (TPSA) is 116 Å². The third-order valence-corrected chi connectivity index (χ3v) is 7.07. The zero-order chi connectivity index (χ0) is 28.4. The average Bonchev–Trinajstić information content (AvgIpc) is 3.41. The number of hydrogen-bond acceptors (Lipinski definition) is 8. The molecule has 4 heterocycles. The molecule has 5 rings (SSSR count). The number of methoxy groups -OCH3 is 2. The van der Waals surface area contributed by atoms with Gasteiger partial charge in [-0.15, -0.1) is 0 Å². The predicted molar refractivity (Wildman–Crippen MR) is 157 cm³/mol. The molecule has 40 heavy (non-hydrogen) atoms. The summed E-state index contributed by atoms with van der Waals surface area (Å²) in [5, 5.41) is 7.09. The molecule has 204 valence electrons. The van der Waals surface area contributed by atoms with Crippen molar-refractivity contribution in [2.45, 2.75) is 12.8 Å². The summed E-state index contributed by atoms with van der Waals surface area (Å²) in [7, 11) is 4.82. The number of carbonyl (C=O) groups is 1. The first kappa shape index (κ1) is 27.2. The Morgan fingerprint density at radius 2 is 1.80 bits per heavy atom. The Morgan fingerprint density at radius 3 is 2.48 bits per heavy atom. The van der Waals surface area contributed by atoms with Crippen LogP contribution in [0.1, 0.15) is 11.3 Å². The maximum Gasteiger partial charge on any atom is 0.248 e. The number of benzene rings is 1. The van der Waals surface area contributed by atoms with Crippen molar-refractivity contribution in [1.29, 1.82) is 0 Å². The van der Waals surface area contributed by atoms with Crippen LogP contribution in [0.25, 0.3) is 27.8 Å². The summed E-state index contributed by atoms with van der Waals surface area (Å²) >= 11 is 13.6. The number of ether oxygens (including phenoxy) is 2. The number of halogens is 2. The second kappa shape index (κ2) is 11.4. The molecule has 0 unspecified atom stereocenters. The fourth-order valence-electron chi connectivity index (χ4n) is 4.37. The molecule has 0 radical (unpaired) electrons. The van der Waals surface area contributed by atoms with Crippen LogP contribution >= 0.6 is 23.2 Å². The summed E-state index contributed by atoms with van der Waals surface area (Å²) in [5.74, 6) is 1.45. The van der Waals surface area contributed by atoms with E-state index < -0.39 is 0 Å². The normalized spacial score (nSPS) is 11.0. The Kier molecular flexibility index (Phi) is 7.72. The van der Waals surface area contributed by atoms with E-state index >= 15 is 0 Å². The number of anilines is 2. The van der Waals surface area contributed by atoms with E-state index in [0.717, 1.165) is 16.6 Å². The summed E-state index contributed by atoms with van der Waals surface area (Å²) in [6.45, 7) is 3.47. The molecule has 5 aromatic rings. The van der Waals surface area contributed by atoms with E-state index in [9.17, 15) is 4.79 Å². The fourth-order valence-corrected chi connectivity index (χ4v) is 5.08. The molecule has 0 aliphatic heterocycles. The van der Waals surface area contributed by atoms with Crippen LogP contribution in [0, 0.1) is 0 Å². The Hall–Kier alpha value is -4.41. The van der Waals surface area contributed by atoms with Gasteiger partial charge in [0.1, 0.15) is 23.0 Å².